The second-order valence-electron chi connectivity index (χ2n) is 4.10. The molecule has 15 heavy (non-hydrogen) atoms. The molecule has 0 aromatic rings. The lowest BCUT2D eigenvalue weighted by molar-refractivity contribution is 0.163. The molecule has 0 aromatic heterocycles. The molecule has 0 rings (SSSR count). The van der Waals surface area contributed by atoms with E-state index in [1.807, 2.05) is 6.08 Å². The summed E-state index contributed by atoms with van der Waals surface area (Å²) in [6, 6.07) is 0. The van der Waals surface area contributed by atoms with Gasteiger partial charge in [-0.3, -0.25) is 0 Å². The monoisotopic (exact) mass is 214 g/mol. The molecule has 2 heteroatoms. The van der Waals surface area contributed by atoms with Crippen molar-refractivity contribution < 1.29 is 10.2 Å². The number of rotatable bonds is 10. The minimum atomic E-state index is -0.223. The molecule has 0 aromatic carbocycles. The van der Waals surface area contributed by atoms with E-state index < -0.39 is 0 Å². The van der Waals surface area contributed by atoms with Gasteiger partial charge in [0.1, 0.15) is 0 Å². The molecule has 1 unspecified atom stereocenters. The van der Waals surface area contributed by atoms with E-state index in [1.165, 1.54) is 32.1 Å². The summed E-state index contributed by atoms with van der Waals surface area (Å²) < 4.78 is 0. The van der Waals surface area contributed by atoms with E-state index in [0.29, 0.717) is 6.42 Å². The summed E-state index contributed by atoms with van der Waals surface area (Å²) >= 11 is 0. The van der Waals surface area contributed by atoms with Gasteiger partial charge in [-0.25, -0.2) is 0 Å². The van der Waals surface area contributed by atoms with Gasteiger partial charge in [0.05, 0.1) is 12.7 Å². The van der Waals surface area contributed by atoms with Gasteiger partial charge in [-0.15, -0.1) is 0 Å². The number of hydrogen-bond donors (Lipinski definition) is 2. The van der Waals surface area contributed by atoms with Crippen LogP contribution in [0.25, 0.3) is 0 Å². The van der Waals surface area contributed by atoms with Gasteiger partial charge in [0.15, 0.2) is 0 Å². The fourth-order valence-corrected chi connectivity index (χ4v) is 1.61. The Kier molecular flexibility index (Phi) is 11.5. The van der Waals surface area contributed by atoms with Crippen LogP contribution in [-0.2, 0) is 0 Å². The van der Waals surface area contributed by atoms with Crippen LogP contribution in [0.2, 0.25) is 0 Å². The quantitative estimate of drug-likeness (QED) is 0.433. The maximum absolute atomic E-state index is 9.55. The van der Waals surface area contributed by atoms with Crippen molar-refractivity contribution in [2.45, 2.75) is 64.4 Å². The summed E-state index contributed by atoms with van der Waals surface area (Å²) in [6.07, 6.45) is 12.5. The van der Waals surface area contributed by atoms with Crippen molar-refractivity contribution in [1.29, 1.82) is 0 Å². The molecule has 0 bridgehead atoms. The highest BCUT2D eigenvalue weighted by atomic mass is 16.3. The van der Waals surface area contributed by atoms with Crippen LogP contribution < -0.4 is 0 Å². The Morgan fingerprint density at radius 2 is 1.67 bits per heavy atom. The summed E-state index contributed by atoms with van der Waals surface area (Å²) in [4.78, 5) is 0. The Morgan fingerprint density at radius 3 is 2.33 bits per heavy atom. The maximum atomic E-state index is 9.55. The minimum absolute atomic E-state index is 0.0732. The normalized spacial score (nSPS) is 13.5. The third kappa shape index (κ3) is 11.6. The predicted molar refractivity (Wildman–Crippen MR) is 64.8 cm³/mol. The fourth-order valence-electron chi connectivity index (χ4n) is 1.61. The Hall–Kier alpha value is -0.340. The van der Waals surface area contributed by atoms with Crippen molar-refractivity contribution >= 4 is 0 Å². The molecule has 1 atom stereocenters. The van der Waals surface area contributed by atoms with Crippen molar-refractivity contribution in [2.75, 3.05) is 6.61 Å². The van der Waals surface area contributed by atoms with Crippen molar-refractivity contribution in [1.82, 2.24) is 0 Å². The van der Waals surface area contributed by atoms with E-state index >= 15 is 0 Å². The second kappa shape index (κ2) is 11.7. The second-order valence-corrected chi connectivity index (χ2v) is 4.10. The van der Waals surface area contributed by atoms with Gasteiger partial charge in [0, 0.05) is 0 Å². The third-order valence-corrected chi connectivity index (χ3v) is 2.57. The molecule has 0 spiro atoms. The van der Waals surface area contributed by atoms with E-state index in [9.17, 15) is 5.11 Å². The van der Waals surface area contributed by atoms with Crippen molar-refractivity contribution in [2.24, 2.45) is 0 Å². The standard InChI is InChI=1S/C13H26O2/c1-2-3-4-5-6-7-10-13(15)11-8-9-12-14/h8-9,13-15H,2-7,10-12H2,1H3/b9-8-. The van der Waals surface area contributed by atoms with Gasteiger partial charge >= 0.3 is 0 Å². The average Bonchev–Trinajstić information content (AvgIpc) is 2.23. The molecule has 0 amide bonds. The van der Waals surface area contributed by atoms with Crippen LogP contribution >= 0.6 is 0 Å². The first-order valence-corrected chi connectivity index (χ1v) is 6.25. The lowest BCUT2D eigenvalue weighted by Gasteiger charge is -2.07. The molecule has 0 fully saturated rings. The van der Waals surface area contributed by atoms with E-state index in [0.717, 1.165) is 12.8 Å². The first kappa shape index (κ1) is 14.7. The summed E-state index contributed by atoms with van der Waals surface area (Å²) in [6.45, 7) is 2.29. The zero-order valence-electron chi connectivity index (χ0n) is 9.99. The van der Waals surface area contributed by atoms with Crippen molar-refractivity contribution in [3.63, 3.8) is 0 Å². The molecule has 0 radical (unpaired) electrons. The van der Waals surface area contributed by atoms with Gasteiger partial charge in [-0.1, -0.05) is 57.6 Å². The smallest absolute Gasteiger partial charge is 0.0612 e. The number of unbranched alkanes of at least 4 members (excludes halogenated alkanes) is 5. The van der Waals surface area contributed by atoms with Gasteiger partial charge in [-0.2, -0.15) is 0 Å². The molecule has 90 valence electrons. The summed E-state index contributed by atoms with van der Waals surface area (Å²) in [5.74, 6) is 0. The predicted octanol–water partition coefficient (Wildman–Crippen LogP) is 3.04. The zero-order valence-corrected chi connectivity index (χ0v) is 9.99. The highest BCUT2D eigenvalue weighted by molar-refractivity contribution is 4.83. The van der Waals surface area contributed by atoms with E-state index in [2.05, 4.69) is 6.92 Å². The zero-order chi connectivity index (χ0) is 11.4. The number of aliphatic hydroxyl groups is 2. The van der Waals surface area contributed by atoms with Crippen LogP contribution in [0.5, 0.6) is 0 Å². The third-order valence-electron chi connectivity index (χ3n) is 2.57. The van der Waals surface area contributed by atoms with Crippen LogP contribution in [0.1, 0.15) is 58.3 Å². The average molecular weight is 214 g/mol. The lowest BCUT2D eigenvalue weighted by atomic mass is 10.1. The van der Waals surface area contributed by atoms with E-state index in [4.69, 9.17) is 5.11 Å². The van der Waals surface area contributed by atoms with Crippen molar-refractivity contribution in [3.8, 4) is 0 Å². The Balaban J connectivity index is 3.16. The van der Waals surface area contributed by atoms with Gasteiger partial charge in [0.25, 0.3) is 0 Å². The number of hydrogen-bond acceptors (Lipinski definition) is 2. The van der Waals surface area contributed by atoms with Gasteiger partial charge in [0.2, 0.25) is 0 Å². The summed E-state index contributed by atoms with van der Waals surface area (Å²) in [7, 11) is 0. The first-order valence-electron chi connectivity index (χ1n) is 6.25. The maximum Gasteiger partial charge on any atom is 0.0612 e. The van der Waals surface area contributed by atoms with Crippen molar-refractivity contribution in [3.05, 3.63) is 12.2 Å². The van der Waals surface area contributed by atoms with Gasteiger partial charge in [-0.05, 0) is 12.8 Å². The largest absolute Gasteiger partial charge is 0.393 e. The Bertz CT molecular complexity index is 143. The molecule has 2 N–H and O–H groups in total. The molecular formula is C13H26O2. The summed E-state index contributed by atoms with van der Waals surface area (Å²) in [5.41, 5.74) is 0. The molecule has 0 heterocycles. The van der Waals surface area contributed by atoms with Crippen LogP contribution in [0.4, 0.5) is 0 Å². The van der Waals surface area contributed by atoms with Crippen LogP contribution in [0.15, 0.2) is 12.2 Å². The van der Waals surface area contributed by atoms with E-state index in [-0.39, 0.29) is 12.7 Å². The fraction of sp³-hybridized carbons (Fsp3) is 0.846. The van der Waals surface area contributed by atoms with Crippen LogP contribution in [-0.4, -0.2) is 22.9 Å². The van der Waals surface area contributed by atoms with Crippen LogP contribution in [0, 0.1) is 0 Å². The highest BCUT2D eigenvalue weighted by Crippen LogP contribution is 2.10. The molecule has 0 saturated heterocycles. The molecule has 0 aliphatic rings. The molecule has 0 aliphatic heterocycles. The first-order chi connectivity index (χ1) is 7.31. The highest BCUT2D eigenvalue weighted by Gasteiger charge is 2.00. The molecule has 0 saturated carbocycles. The van der Waals surface area contributed by atoms with E-state index in [1.54, 1.807) is 6.08 Å². The summed E-state index contributed by atoms with van der Waals surface area (Å²) in [5, 5.41) is 18.1. The molecule has 0 aliphatic carbocycles. The molecular weight excluding hydrogens is 188 g/mol. The Morgan fingerprint density at radius 1 is 1.00 bits per heavy atom. The lowest BCUT2D eigenvalue weighted by Crippen LogP contribution is -2.04. The molecule has 2 nitrogen and oxygen atoms in total. The Labute approximate surface area is 94.0 Å². The van der Waals surface area contributed by atoms with Crippen LogP contribution in [0.3, 0.4) is 0 Å². The number of aliphatic hydroxyl groups excluding tert-OH is 2. The SMILES string of the molecule is CCCCCCCCC(O)C/C=C\CO. The topological polar surface area (TPSA) is 40.5 Å². The van der Waals surface area contributed by atoms with Gasteiger partial charge < -0.3 is 10.2 Å². The minimum Gasteiger partial charge on any atom is -0.393 e.